The highest BCUT2D eigenvalue weighted by Crippen LogP contribution is 2.22. The molecule has 0 atom stereocenters. The Morgan fingerprint density at radius 2 is 1.94 bits per heavy atom. The molecule has 0 unspecified atom stereocenters. The van der Waals surface area contributed by atoms with Crippen molar-refractivity contribution < 1.29 is 21.1 Å². The molecule has 3 aromatic rings. The minimum Gasteiger partial charge on any atom is -0.464 e. The van der Waals surface area contributed by atoms with E-state index in [4.69, 9.17) is 2.74 Å². The molecule has 162 valence electrons. The number of carbonyl (C=O) groups is 1. The molecule has 1 aliphatic rings. The van der Waals surface area contributed by atoms with Crippen LogP contribution < -0.4 is 10.5 Å². The highest BCUT2D eigenvalue weighted by Gasteiger charge is 2.22. The number of pyridine rings is 1. The lowest BCUT2D eigenvalue weighted by Crippen LogP contribution is -2.46. The molecule has 3 heterocycles. The zero-order valence-electron chi connectivity index (χ0n) is 18.9. The van der Waals surface area contributed by atoms with Crippen molar-refractivity contribution in [3.8, 4) is 0 Å². The number of benzene rings is 1. The van der Waals surface area contributed by atoms with E-state index >= 15 is 4.39 Å². The molecule has 0 saturated carbocycles. The van der Waals surface area contributed by atoms with Gasteiger partial charge >= 0.3 is 5.97 Å². The molecule has 0 amide bonds. The van der Waals surface area contributed by atoms with Crippen molar-refractivity contribution in [1.82, 2.24) is 19.9 Å². The molecule has 0 spiro atoms. The Morgan fingerprint density at radius 1 is 1.19 bits per heavy atom. The van der Waals surface area contributed by atoms with Crippen molar-refractivity contribution in [2.24, 2.45) is 0 Å². The van der Waals surface area contributed by atoms with Crippen molar-refractivity contribution in [3.63, 3.8) is 0 Å². The number of hydrogen-bond donors (Lipinski definition) is 1. The second kappa shape index (κ2) is 8.38. The largest absolute Gasteiger partial charge is 0.464 e. The van der Waals surface area contributed by atoms with Crippen molar-refractivity contribution in [2.75, 3.05) is 38.2 Å². The van der Waals surface area contributed by atoms with E-state index in [2.05, 4.69) is 19.7 Å². The number of H-pyrrole nitrogens is 1. The van der Waals surface area contributed by atoms with E-state index in [1.54, 1.807) is 4.90 Å². The van der Waals surface area contributed by atoms with Crippen LogP contribution in [0.25, 0.3) is 11.0 Å². The first-order valence-electron chi connectivity index (χ1n) is 10.6. The number of piperazine rings is 1. The number of rotatable bonds is 4. The highest BCUT2D eigenvalue weighted by atomic mass is 19.1. The van der Waals surface area contributed by atoms with Gasteiger partial charge in [-0.2, -0.15) is 4.39 Å². The zero-order valence-corrected chi connectivity index (χ0v) is 16.9. The fourth-order valence-corrected chi connectivity index (χ4v) is 3.41. The number of hydrogen-bond acceptors (Lipinski definition) is 7. The number of methoxy groups -OCH3 is 1. The summed E-state index contributed by atoms with van der Waals surface area (Å²) >= 11 is 0. The maximum atomic E-state index is 15.2. The number of halogens is 2. The quantitative estimate of drug-likeness (QED) is 0.499. The van der Waals surface area contributed by atoms with Gasteiger partial charge in [0, 0.05) is 41.0 Å². The number of fused-ring (bicyclic) bond motifs is 1. The Kier molecular flexibility index (Phi) is 4.97. The lowest BCUT2D eigenvalue weighted by molar-refractivity contribution is 0.0592. The number of nitrogens with zero attached hydrogens (tertiary/aromatic N) is 4. The number of carbonyl (C=O) groups excluding carboxylic acids is 1. The van der Waals surface area contributed by atoms with Gasteiger partial charge in [0.1, 0.15) is 11.2 Å². The van der Waals surface area contributed by atoms with E-state index in [0.29, 0.717) is 0 Å². The van der Waals surface area contributed by atoms with E-state index in [1.165, 1.54) is 43.2 Å². The van der Waals surface area contributed by atoms with Crippen molar-refractivity contribution in [1.29, 1.82) is 0 Å². The standard InChI is InChI=1S/C21H21F2N5O3/c1-12-20(29)26-18-14(24-12)4-3-13(17(18)22)11-27-7-9-28(10-8-27)16-6-5-15(21(30)31-2)25-19(16)23/h3-6H,7-11H2,1-2H3,(H,26,29)/i11D2. The Hall–Kier alpha value is -3.40. The Morgan fingerprint density at radius 3 is 2.61 bits per heavy atom. The average Bonchev–Trinajstić information content (AvgIpc) is 2.80. The SMILES string of the molecule is [2H]C([2H])(c1ccc2nc(C)c(=O)[nH]c2c1F)N1CCN(c2ccc(C(=O)OC)nc2F)CC1. The summed E-state index contributed by atoms with van der Waals surface area (Å²) in [6.45, 7) is 0.170. The number of aromatic amines is 1. The number of ether oxygens (including phenoxy) is 1. The number of anilines is 1. The van der Waals surface area contributed by atoms with Gasteiger partial charge in [0.15, 0.2) is 11.5 Å². The fraction of sp³-hybridized carbons (Fsp3) is 0.333. The first-order chi connectivity index (χ1) is 15.6. The molecule has 1 saturated heterocycles. The predicted molar refractivity (Wildman–Crippen MR) is 110 cm³/mol. The summed E-state index contributed by atoms with van der Waals surface area (Å²) in [5.41, 5.74) is -0.462. The van der Waals surface area contributed by atoms with Gasteiger partial charge in [-0.05, 0) is 25.1 Å². The van der Waals surface area contributed by atoms with E-state index in [-0.39, 0.29) is 59.9 Å². The normalized spacial score (nSPS) is 16.2. The molecular formula is C21H21F2N5O3. The van der Waals surface area contributed by atoms with Gasteiger partial charge in [-0.15, -0.1) is 0 Å². The van der Waals surface area contributed by atoms with Crippen molar-refractivity contribution in [3.05, 3.63) is 63.3 Å². The lowest BCUT2D eigenvalue weighted by atomic mass is 10.1. The topological polar surface area (TPSA) is 91.4 Å². The first kappa shape index (κ1) is 18.4. The molecule has 4 rings (SSSR count). The van der Waals surface area contributed by atoms with Crippen LogP contribution in [0.15, 0.2) is 29.1 Å². The molecule has 0 radical (unpaired) electrons. The summed E-state index contributed by atoms with van der Waals surface area (Å²) < 4.78 is 51.3. The van der Waals surface area contributed by atoms with Gasteiger partial charge in [-0.3, -0.25) is 9.69 Å². The van der Waals surface area contributed by atoms with Crippen molar-refractivity contribution in [2.45, 2.75) is 13.4 Å². The molecule has 8 nitrogen and oxygen atoms in total. The Labute approximate surface area is 179 Å². The third kappa shape index (κ3) is 4.11. The second-order valence-electron chi connectivity index (χ2n) is 7.06. The fourth-order valence-electron chi connectivity index (χ4n) is 3.41. The van der Waals surface area contributed by atoms with Crippen molar-refractivity contribution >= 4 is 22.7 Å². The third-order valence-corrected chi connectivity index (χ3v) is 5.10. The molecular weight excluding hydrogens is 408 g/mol. The van der Waals surface area contributed by atoms with Gasteiger partial charge in [0.05, 0.1) is 18.3 Å². The molecule has 0 aliphatic carbocycles. The minimum atomic E-state index is -2.18. The van der Waals surface area contributed by atoms with Crippen LogP contribution in [0, 0.1) is 18.7 Å². The number of nitrogens with one attached hydrogen (secondary N) is 1. The van der Waals surface area contributed by atoms with Gasteiger partial charge in [-0.25, -0.2) is 19.2 Å². The minimum absolute atomic E-state index is 0.149. The average molecular weight is 431 g/mol. The van der Waals surface area contributed by atoms with Crippen LogP contribution in [-0.2, 0) is 11.2 Å². The Balaban J connectivity index is 1.55. The zero-order chi connectivity index (χ0) is 23.9. The van der Waals surface area contributed by atoms with Gasteiger partial charge in [0.2, 0.25) is 5.95 Å². The number of aromatic nitrogens is 3. The van der Waals surface area contributed by atoms with E-state index in [9.17, 15) is 14.0 Å². The van der Waals surface area contributed by atoms with Gasteiger partial charge < -0.3 is 14.6 Å². The summed E-state index contributed by atoms with van der Waals surface area (Å²) in [7, 11) is 1.18. The molecule has 1 fully saturated rings. The summed E-state index contributed by atoms with van der Waals surface area (Å²) in [4.78, 5) is 36.6. The van der Waals surface area contributed by atoms with E-state index in [1.807, 2.05) is 0 Å². The molecule has 10 heteroatoms. The maximum Gasteiger partial charge on any atom is 0.356 e. The summed E-state index contributed by atoms with van der Waals surface area (Å²) in [6.07, 6.45) is 0. The van der Waals surface area contributed by atoms with Crippen LogP contribution in [0.5, 0.6) is 0 Å². The molecule has 0 bridgehead atoms. The Bertz CT molecular complexity index is 1290. The van der Waals surface area contributed by atoms with Crippen LogP contribution >= 0.6 is 0 Å². The summed E-state index contributed by atoms with van der Waals surface area (Å²) in [5.74, 6) is -2.46. The van der Waals surface area contributed by atoms with Crippen LogP contribution in [-0.4, -0.2) is 59.1 Å². The smallest absolute Gasteiger partial charge is 0.356 e. The highest BCUT2D eigenvalue weighted by molar-refractivity contribution is 5.87. The monoisotopic (exact) mass is 431 g/mol. The van der Waals surface area contributed by atoms with Gasteiger partial charge in [0.25, 0.3) is 5.56 Å². The summed E-state index contributed by atoms with van der Waals surface area (Å²) in [6, 6.07) is 5.57. The molecule has 31 heavy (non-hydrogen) atoms. The van der Waals surface area contributed by atoms with E-state index < -0.39 is 29.8 Å². The maximum absolute atomic E-state index is 15.2. The van der Waals surface area contributed by atoms with Crippen LogP contribution in [0.3, 0.4) is 0 Å². The second-order valence-corrected chi connectivity index (χ2v) is 7.06. The molecule has 1 aromatic carbocycles. The number of esters is 1. The predicted octanol–water partition coefficient (Wildman–Crippen LogP) is 2.01. The summed E-state index contributed by atoms with van der Waals surface area (Å²) in [5, 5.41) is 0. The van der Waals surface area contributed by atoms with Gasteiger partial charge in [-0.1, -0.05) is 6.07 Å². The van der Waals surface area contributed by atoms with E-state index in [0.717, 1.165) is 0 Å². The molecule has 1 N–H and O–H groups in total. The van der Waals surface area contributed by atoms with Crippen LogP contribution in [0.4, 0.5) is 14.5 Å². The first-order valence-corrected chi connectivity index (χ1v) is 9.58. The van der Waals surface area contributed by atoms with Crippen LogP contribution in [0.1, 0.15) is 24.5 Å². The lowest BCUT2D eigenvalue weighted by Gasteiger charge is -2.36. The molecule has 2 aromatic heterocycles. The number of aryl methyl sites for hydroxylation is 1. The third-order valence-electron chi connectivity index (χ3n) is 5.10. The van der Waals surface area contributed by atoms with Crippen LogP contribution in [0.2, 0.25) is 0 Å². The molecule has 1 aliphatic heterocycles.